The molecule has 2 aromatic carbocycles. The van der Waals surface area contributed by atoms with Gasteiger partial charge in [0.2, 0.25) is 11.8 Å². The Hall–Kier alpha value is -3.71. The van der Waals surface area contributed by atoms with Crippen molar-refractivity contribution in [2.24, 2.45) is 11.8 Å². The second-order valence-electron chi connectivity index (χ2n) is 11.3. The van der Waals surface area contributed by atoms with Crippen LogP contribution in [0.3, 0.4) is 0 Å². The summed E-state index contributed by atoms with van der Waals surface area (Å²) in [7, 11) is 0. The summed E-state index contributed by atoms with van der Waals surface area (Å²) < 4.78 is 5.86. The van der Waals surface area contributed by atoms with Crippen molar-refractivity contribution in [2.75, 3.05) is 13.2 Å². The van der Waals surface area contributed by atoms with Gasteiger partial charge in [0.15, 0.2) is 0 Å². The molecule has 3 atom stereocenters. The summed E-state index contributed by atoms with van der Waals surface area (Å²) in [6.45, 7) is 7.42. The van der Waals surface area contributed by atoms with E-state index in [1.165, 1.54) is 0 Å². The molecule has 0 heterocycles. The predicted molar refractivity (Wildman–Crippen MR) is 165 cm³/mol. The number of carbonyl (C=O) groups is 3. The van der Waals surface area contributed by atoms with E-state index in [0.29, 0.717) is 19.3 Å². The molecule has 226 valence electrons. The molecule has 0 spiro atoms. The third-order valence-corrected chi connectivity index (χ3v) is 8.05. The minimum Gasteiger partial charge on any atom is -0.463 e. The first-order valence-corrected chi connectivity index (χ1v) is 15.1. The highest BCUT2D eigenvalue weighted by Gasteiger charge is 2.35. The van der Waals surface area contributed by atoms with Crippen molar-refractivity contribution in [3.8, 4) is 0 Å². The molecule has 7 nitrogen and oxygen atoms in total. The molecule has 1 saturated carbocycles. The number of allylic oxidation sites excluding steroid dienone is 2. The lowest BCUT2D eigenvalue weighted by atomic mass is 9.94. The number of benzene rings is 2. The van der Waals surface area contributed by atoms with Crippen LogP contribution in [-0.2, 0) is 25.5 Å². The van der Waals surface area contributed by atoms with Gasteiger partial charge in [0.1, 0.15) is 6.61 Å². The van der Waals surface area contributed by atoms with Crippen LogP contribution in [0.15, 0.2) is 86.0 Å². The van der Waals surface area contributed by atoms with Gasteiger partial charge in [-0.15, -0.1) is 13.2 Å². The molecular formula is C35H46N2O5. The van der Waals surface area contributed by atoms with Crippen molar-refractivity contribution < 1.29 is 24.2 Å². The Morgan fingerprint density at radius 1 is 0.952 bits per heavy atom. The number of unbranched alkanes of at least 4 members (excludes halogenated alkanes) is 1. The first-order valence-electron chi connectivity index (χ1n) is 15.1. The Kier molecular flexibility index (Phi) is 13.5. The number of esters is 1. The molecule has 0 radical (unpaired) electrons. The summed E-state index contributed by atoms with van der Waals surface area (Å²) in [5, 5.41) is 15.9. The number of aliphatic hydroxyl groups excluding tert-OH is 1. The molecular weight excluding hydrogens is 528 g/mol. The molecule has 0 saturated heterocycles. The zero-order chi connectivity index (χ0) is 30.2. The lowest BCUT2D eigenvalue weighted by Gasteiger charge is -2.29. The Morgan fingerprint density at radius 2 is 1.62 bits per heavy atom. The van der Waals surface area contributed by atoms with Crippen LogP contribution < -0.4 is 10.6 Å². The minimum absolute atomic E-state index is 0.0245. The van der Waals surface area contributed by atoms with Gasteiger partial charge in [-0.1, -0.05) is 85.7 Å². The monoisotopic (exact) mass is 574 g/mol. The van der Waals surface area contributed by atoms with Gasteiger partial charge >= 0.3 is 5.97 Å². The normalized spacial score (nSPS) is 16.0. The van der Waals surface area contributed by atoms with Gasteiger partial charge in [0.25, 0.3) is 0 Å². The van der Waals surface area contributed by atoms with Crippen LogP contribution in [0.2, 0.25) is 0 Å². The number of rotatable bonds is 18. The fraction of sp³-hybridized carbons (Fsp3) is 0.457. The average Bonchev–Trinajstić information content (AvgIpc) is 3.48. The van der Waals surface area contributed by atoms with E-state index in [1.807, 2.05) is 66.7 Å². The van der Waals surface area contributed by atoms with E-state index in [9.17, 15) is 19.5 Å². The van der Waals surface area contributed by atoms with Crippen LogP contribution in [0, 0.1) is 11.8 Å². The lowest BCUT2D eigenvalue weighted by molar-refractivity contribution is -0.150. The van der Waals surface area contributed by atoms with E-state index in [0.717, 1.165) is 49.7 Å². The van der Waals surface area contributed by atoms with E-state index >= 15 is 0 Å². The van der Waals surface area contributed by atoms with E-state index in [-0.39, 0.29) is 43.3 Å². The number of hydrogen-bond acceptors (Lipinski definition) is 5. The second-order valence-corrected chi connectivity index (χ2v) is 11.3. The predicted octanol–water partition coefficient (Wildman–Crippen LogP) is 5.61. The molecule has 0 aliphatic heterocycles. The fourth-order valence-corrected chi connectivity index (χ4v) is 5.62. The third-order valence-electron chi connectivity index (χ3n) is 8.05. The molecule has 0 unspecified atom stereocenters. The van der Waals surface area contributed by atoms with Crippen LogP contribution in [-0.4, -0.2) is 41.6 Å². The van der Waals surface area contributed by atoms with Gasteiger partial charge in [-0.25, -0.2) is 0 Å². The van der Waals surface area contributed by atoms with Gasteiger partial charge < -0.3 is 20.5 Å². The highest BCUT2D eigenvalue weighted by Crippen LogP contribution is 2.29. The first-order chi connectivity index (χ1) is 20.4. The molecule has 2 amide bonds. The molecule has 7 heteroatoms. The van der Waals surface area contributed by atoms with Crippen molar-refractivity contribution in [2.45, 2.75) is 75.8 Å². The highest BCUT2D eigenvalue weighted by molar-refractivity contribution is 5.86. The van der Waals surface area contributed by atoms with Gasteiger partial charge in [-0.2, -0.15) is 0 Å². The number of ether oxygens (including phenoxy) is 1. The Labute approximate surface area is 250 Å². The zero-order valence-electron chi connectivity index (χ0n) is 24.6. The smallest absolute Gasteiger partial charge is 0.309 e. The topological polar surface area (TPSA) is 105 Å². The number of aliphatic hydroxyl groups is 1. The van der Waals surface area contributed by atoms with Crippen LogP contribution in [0.25, 0.3) is 0 Å². The maximum Gasteiger partial charge on any atom is 0.309 e. The molecule has 1 aliphatic rings. The number of hydrogen-bond donors (Lipinski definition) is 3. The average molecular weight is 575 g/mol. The van der Waals surface area contributed by atoms with Crippen LogP contribution in [0.5, 0.6) is 0 Å². The summed E-state index contributed by atoms with van der Waals surface area (Å²) in [5.74, 6) is -1.84. The first kappa shape index (κ1) is 32.8. The molecule has 1 aliphatic carbocycles. The molecule has 0 bridgehead atoms. The third kappa shape index (κ3) is 10.3. The lowest BCUT2D eigenvalue weighted by Crippen LogP contribution is -2.50. The van der Waals surface area contributed by atoms with Gasteiger partial charge in [-0.05, 0) is 56.1 Å². The van der Waals surface area contributed by atoms with E-state index in [4.69, 9.17) is 4.74 Å². The van der Waals surface area contributed by atoms with Gasteiger partial charge in [0.05, 0.1) is 30.0 Å². The van der Waals surface area contributed by atoms with Crippen molar-refractivity contribution in [3.63, 3.8) is 0 Å². The molecule has 42 heavy (non-hydrogen) atoms. The van der Waals surface area contributed by atoms with Crippen LogP contribution >= 0.6 is 0 Å². The van der Waals surface area contributed by atoms with E-state index in [2.05, 4.69) is 23.8 Å². The Morgan fingerprint density at radius 3 is 2.24 bits per heavy atom. The van der Waals surface area contributed by atoms with Gasteiger partial charge in [0, 0.05) is 6.42 Å². The summed E-state index contributed by atoms with van der Waals surface area (Å²) in [6.07, 6.45) is 10.0. The summed E-state index contributed by atoms with van der Waals surface area (Å²) >= 11 is 0. The quantitative estimate of drug-likeness (QED) is 0.122. The standard InChI is InChI=1S/C35H46N2O5/c1-3-5-8-20-30(23-27-16-9-6-10-17-27)34(41)42-25-31(28-18-11-7-12-19-28)36-33(40)29(15-4-2)24-32(39)37-35(26-38)21-13-14-22-35/h3-4,6-7,9-12,16-19,29-31,38H,1-2,5,8,13-15,20-26H2,(H,36,40)(H,37,39)/t29-,30-,31-/m1/s1. The summed E-state index contributed by atoms with van der Waals surface area (Å²) in [6, 6.07) is 18.7. The summed E-state index contributed by atoms with van der Waals surface area (Å²) in [4.78, 5) is 39.8. The number of nitrogens with one attached hydrogen (secondary N) is 2. The molecule has 3 rings (SSSR count). The fourth-order valence-electron chi connectivity index (χ4n) is 5.62. The van der Waals surface area contributed by atoms with Crippen molar-refractivity contribution >= 4 is 17.8 Å². The maximum absolute atomic E-state index is 13.5. The summed E-state index contributed by atoms with van der Waals surface area (Å²) in [5.41, 5.74) is 1.27. The van der Waals surface area contributed by atoms with Crippen molar-refractivity contribution in [1.82, 2.24) is 10.6 Å². The van der Waals surface area contributed by atoms with Crippen LogP contribution in [0.4, 0.5) is 0 Å². The van der Waals surface area contributed by atoms with E-state index < -0.39 is 17.5 Å². The SMILES string of the molecule is C=CCCC[C@H](Cc1ccccc1)C(=O)OC[C@@H](NC(=O)[C@H](CC=C)CC(=O)NC1(CO)CCCC1)c1ccccc1. The minimum atomic E-state index is -0.647. The van der Waals surface area contributed by atoms with Gasteiger partial charge in [-0.3, -0.25) is 14.4 Å². The molecule has 0 aromatic heterocycles. The molecule has 1 fully saturated rings. The number of amides is 2. The Balaban J connectivity index is 1.68. The highest BCUT2D eigenvalue weighted by atomic mass is 16.5. The maximum atomic E-state index is 13.5. The Bertz CT molecular complexity index is 1140. The van der Waals surface area contributed by atoms with Crippen molar-refractivity contribution in [3.05, 3.63) is 97.1 Å². The number of carbonyl (C=O) groups excluding carboxylic acids is 3. The molecule has 3 N–H and O–H groups in total. The van der Waals surface area contributed by atoms with Crippen LogP contribution in [0.1, 0.15) is 75.0 Å². The molecule has 2 aromatic rings. The van der Waals surface area contributed by atoms with Crippen molar-refractivity contribution in [1.29, 1.82) is 0 Å². The van der Waals surface area contributed by atoms with E-state index in [1.54, 1.807) is 6.08 Å². The second kappa shape index (κ2) is 17.3. The zero-order valence-corrected chi connectivity index (χ0v) is 24.6. The largest absolute Gasteiger partial charge is 0.463 e.